The van der Waals surface area contributed by atoms with Crippen LogP contribution in [0.3, 0.4) is 0 Å². The predicted molar refractivity (Wildman–Crippen MR) is 217 cm³/mol. The molecular formula is C39H70N2O5S2Si2. The lowest BCUT2D eigenvalue weighted by Gasteiger charge is -2.44. The number of aromatic nitrogens is 1. The van der Waals surface area contributed by atoms with Crippen LogP contribution in [0.1, 0.15) is 121 Å². The maximum atomic E-state index is 14.9. The molecular weight excluding hydrogens is 697 g/mol. The summed E-state index contributed by atoms with van der Waals surface area (Å²) >= 11 is 3.26. The molecule has 0 amide bonds. The molecule has 2 fully saturated rings. The minimum absolute atomic E-state index is 0.0108. The van der Waals surface area contributed by atoms with Crippen LogP contribution in [0, 0.1) is 17.3 Å². The highest BCUT2D eigenvalue weighted by atomic mass is 32.2. The number of carbonyl (C=O) groups excluding carboxylic acids is 2. The van der Waals surface area contributed by atoms with E-state index in [9.17, 15) is 9.59 Å². The van der Waals surface area contributed by atoms with Crippen molar-refractivity contribution in [2.75, 3.05) is 6.26 Å². The molecule has 286 valence electrons. The van der Waals surface area contributed by atoms with Crippen LogP contribution in [-0.2, 0) is 23.2 Å². The van der Waals surface area contributed by atoms with Crippen molar-refractivity contribution >= 4 is 57.6 Å². The summed E-state index contributed by atoms with van der Waals surface area (Å²) < 4.78 is 21.9. The number of Topliss-reactive ketones (excluding diaryl/α,β-unsaturated/α-hetero) is 1. The van der Waals surface area contributed by atoms with Crippen LogP contribution < -0.4 is 5.32 Å². The summed E-state index contributed by atoms with van der Waals surface area (Å²) in [5, 5.41) is 5.82. The molecule has 2 aliphatic heterocycles. The Hall–Kier alpha value is -0.826. The average Bonchev–Trinajstić information content (AvgIpc) is 3.50. The van der Waals surface area contributed by atoms with E-state index in [0.717, 1.165) is 71.1 Å². The second-order valence-electron chi connectivity index (χ2n) is 16.1. The number of rotatable bonds is 13. The molecule has 1 aromatic rings. The molecule has 1 unspecified atom stereocenters. The summed E-state index contributed by atoms with van der Waals surface area (Å²) in [6.07, 6.45) is 6.78. The quantitative estimate of drug-likeness (QED) is 0.0917. The second-order valence-corrected chi connectivity index (χ2v) is 27.4. The van der Waals surface area contributed by atoms with E-state index in [1.54, 1.807) is 23.1 Å². The van der Waals surface area contributed by atoms with Crippen molar-refractivity contribution in [1.29, 1.82) is 0 Å². The number of thioether (sulfide) groups is 1. The van der Waals surface area contributed by atoms with Crippen molar-refractivity contribution < 1.29 is 23.2 Å². The predicted octanol–water partition coefficient (Wildman–Crippen LogP) is 10.5. The SMILES string of the molecule is CC[Si](CC)(CC)OC1[C@@H](C)CCC[C@@]2(C)N[C@H]2C[C@@H](/C(C)=C/c2csc(SC)n2)OC(=O)C[C@H](O[Si](CC)(CC)CC)C(C)(C)C(=O)[C@@H]1C. The van der Waals surface area contributed by atoms with Crippen LogP contribution in [-0.4, -0.2) is 69.5 Å². The van der Waals surface area contributed by atoms with Crippen LogP contribution in [0.15, 0.2) is 15.3 Å². The molecule has 2 aliphatic rings. The minimum Gasteiger partial charge on any atom is -0.458 e. The van der Waals surface area contributed by atoms with Gasteiger partial charge < -0.3 is 18.9 Å². The standard InChI is InChI=1S/C39H70N2O5S2Si2/c1-14-49(15-2,16-3)45-33-25-34(42)44-31(28(8)23-30-26-48-37(40-30)47-13)24-32-39(12,41-32)22-20-21-27(7)35(29(9)36(43)38(33,10)11)46-50(17-4,18-5)19-6/h23,26-27,29,31-33,35,41H,14-22,24-25H2,1-13H3/b28-23+/t27-,29+,31-,32-,33-,35?,39+/m0/s1. The van der Waals surface area contributed by atoms with Gasteiger partial charge in [0.1, 0.15) is 16.2 Å². The minimum atomic E-state index is -2.20. The van der Waals surface area contributed by atoms with E-state index in [0.29, 0.717) is 6.42 Å². The first-order valence-electron chi connectivity index (χ1n) is 19.6. The lowest BCUT2D eigenvalue weighted by Crippen LogP contribution is -2.53. The molecule has 1 aromatic heterocycles. The van der Waals surface area contributed by atoms with Gasteiger partial charge in [-0.25, -0.2) is 4.98 Å². The van der Waals surface area contributed by atoms with Crippen molar-refractivity contribution in [3.05, 3.63) is 16.6 Å². The number of thiazole rings is 1. The van der Waals surface area contributed by atoms with E-state index in [1.807, 2.05) is 20.1 Å². The fourth-order valence-electron chi connectivity index (χ4n) is 8.17. The highest BCUT2D eigenvalue weighted by Gasteiger charge is 2.51. The molecule has 0 saturated carbocycles. The van der Waals surface area contributed by atoms with Crippen LogP contribution in [0.5, 0.6) is 0 Å². The van der Waals surface area contributed by atoms with Crippen LogP contribution in [0.4, 0.5) is 0 Å². The number of ketones is 1. The average molecular weight is 767 g/mol. The number of esters is 1. The summed E-state index contributed by atoms with van der Waals surface area (Å²) in [5.41, 5.74) is 0.960. The molecule has 0 spiro atoms. The van der Waals surface area contributed by atoms with Gasteiger partial charge >= 0.3 is 5.97 Å². The molecule has 11 heteroatoms. The van der Waals surface area contributed by atoms with Gasteiger partial charge in [-0.1, -0.05) is 87.4 Å². The molecule has 0 aromatic carbocycles. The number of carbonyl (C=O) groups is 2. The second kappa shape index (κ2) is 18.5. The highest BCUT2D eigenvalue weighted by molar-refractivity contribution is 8.00. The zero-order valence-corrected chi connectivity index (χ0v) is 37.3. The van der Waals surface area contributed by atoms with Crippen LogP contribution in [0.25, 0.3) is 6.08 Å². The fourth-order valence-corrected chi connectivity index (χ4v) is 15.4. The molecule has 7 nitrogen and oxygen atoms in total. The first kappa shape index (κ1) is 43.6. The summed E-state index contributed by atoms with van der Waals surface area (Å²) in [4.78, 5) is 33.8. The van der Waals surface area contributed by atoms with Crippen LogP contribution >= 0.6 is 23.1 Å². The number of fused-ring (bicyclic) bond motifs is 1. The number of hydrogen-bond donors (Lipinski definition) is 1. The Kier molecular flexibility index (Phi) is 16.1. The third-order valence-corrected chi connectivity index (χ3v) is 23.9. The smallest absolute Gasteiger partial charge is 0.309 e. The van der Waals surface area contributed by atoms with Gasteiger partial charge in [-0.05, 0) is 86.8 Å². The van der Waals surface area contributed by atoms with E-state index < -0.39 is 34.3 Å². The van der Waals surface area contributed by atoms with Crippen molar-refractivity contribution in [3.8, 4) is 0 Å². The monoisotopic (exact) mass is 766 g/mol. The van der Waals surface area contributed by atoms with Gasteiger partial charge in [-0.2, -0.15) is 0 Å². The molecule has 0 bridgehead atoms. The van der Waals surface area contributed by atoms with Gasteiger partial charge in [0, 0.05) is 34.7 Å². The van der Waals surface area contributed by atoms with E-state index in [2.05, 4.69) is 86.0 Å². The summed E-state index contributed by atoms with van der Waals surface area (Å²) in [6, 6.07) is 6.20. The van der Waals surface area contributed by atoms with Gasteiger partial charge in [-0.3, -0.25) is 9.59 Å². The van der Waals surface area contributed by atoms with E-state index in [4.69, 9.17) is 18.6 Å². The van der Waals surface area contributed by atoms with E-state index >= 15 is 0 Å². The molecule has 1 N–H and O–H groups in total. The number of ether oxygens (including phenoxy) is 1. The molecule has 3 heterocycles. The number of cyclic esters (lactones) is 1. The van der Waals surface area contributed by atoms with Gasteiger partial charge in [0.25, 0.3) is 0 Å². The van der Waals surface area contributed by atoms with Gasteiger partial charge in [0.05, 0.1) is 24.3 Å². The van der Waals surface area contributed by atoms with Crippen molar-refractivity contribution in [2.45, 2.75) is 186 Å². The lowest BCUT2D eigenvalue weighted by atomic mass is 9.73. The summed E-state index contributed by atoms with van der Waals surface area (Å²) in [5.74, 6) is -0.261. The Bertz CT molecular complexity index is 1280. The van der Waals surface area contributed by atoms with E-state index in [1.165, 1.54) is 0 Å². The molecule has 0 aliphatic carbocycles. The lowest BCUT2D eigenvalue weighted by molar-refractivity contribution is -0.153. The normalized spacial score (nSPS) is 30.5. The third-order valence-electron chi connectivity index (χ3n) is 12.7. The Morgan fingerprint density at radius 2 is 1.60 bits per heavy atom. The first-order chi connectivity index (χ1) is 23.5. The fraction of sp³-hybridized carbons (Fsp3) is 0.821. The molecule has 50 heavy (non-hydrogen) atoms. The Balaban J connectivity index is 2.08. The topological polar surface area (TPSA) is 96.7 Å². The zero-order valence-electron chi connectivity index (χ0n) is 33.7. The Morgan fingerprint density at radius 3 is 2.14 bits per heavy atom. The molecule has 0 radical (unpaired) electrons. The van der Waals surface area contributed by atoms with Crippen molar-refractivity contribution in [1.82, 2.24) is 10.3 Å². The van der Waals surface area contributed by atoms with Crippen molar-refractivity contribution in [3.63, 3.8) is 0 Å². The molecule has 3 rings (SSSR count). The maximum absolute atomic E-state index is 14.9. The number of nitrogens with one attached hydrogen (secondary N) is 1. The van der Waals surface area contributed by atoms with Crippen molar-refractivity contribution in [2.24, 2.45) is 17.3 Å². The van der Waals surface area contributed by atoms with E-state index in [-0.39, 0.29) is 47.7 Å². The van der Waals surface area contributed by atoms with Gasteiger partial charge in [0.15, 0.2) is 16.6 Å². The summed E-state index contributed by atoms with van der Waals surface area (Å²) in [6.45, 7) is 26.1. The van der Waals surface area contributed by atoms with Gasteiger partial charge in [-0.15, -0.1) is 11.3 Å². The Labute approximate surface area is 315 Å². The Morgan fingerprint density at radius 1 is 1.02 bits per heavy atom. The third kappa shape index (κ3) is 10.4. The largest absolute Gasteiger partial charge is 0.458 e. The molecule has 7 atom stereocenters. The number of nitrogens with zero attached hydrogens (tertiary/aromatic N) is 1. The summed E-state index contributed by atoms with van der Waals surface area (Å²) in [7, 11) is -4.22. The zero-order chi connectivity index (χ0) is 37.5. The first-order valence-corrected chi connectivity index (χ1v) is 26.7. The molecule has 2 saturated heterocycles. The maximum Gasteiger partial charge on any atom is 0.309 e. The number of hydrogen-bond acceptors (Lipinski definition) is 9. The highest BCUT2D eigenvalue weighted by Crippen LogP contribution is 2.42. The van der Waals surface area contributed by atoms with Crippen LogP contribution in [0.2, 0.25) is 36.3 Å². The van der Waals surface area contributed by atoms with Gasteiger partial charge in [0.2, 0.25) is 0 Å².